The van der Waals surface area contributed by atoms with Crippen molar-refractivity contribution in [2.75, 3.05) is 0 Å². The second kappa shape index (κ2) is 9.84. The molecule has 22 heavy (non-hydrogen) atoms. The maximum absolute atomic E-state index is 3.42. The molecule has 0 aromatic heterocycles. The van der Waals surface area contributed by atoms with Gasteiger partial charge in [0.05, 0.1) is 0 Å². The van der Waals surface area contributed by atoms with Crippen LogP contribution in [-0.2, 0) is 11.8 Å². The van der Waals surface area contributed by atoms with Gasteiger partial charge in [-0.05, 0) is 41.9 Å². The van der Waals surface area contributed by atoms with Crippen molar-refractivity contribution in [1.82, 2.24) is 0 Å². The van der Waals surface area contributed by atoms with Gasteiger partial charge in [-0.25, -0.2) is 0 Å². The number of alkyl halides is 1. The SMILES string of the molecule is CC(C)c1ccc(CBr)cc1.Cc1ccc(CC(C)C)cc1. The van der Waals surface area contributed by atoms with Gasteiger partial charge in [0.25, 0.3) is 0 Å². The van der Waals surface area contributed by atoms with E-state index >= 15 is 0 Å². The van der Waals surface area contributed by atoms with Crippen molar-refractivity contribution < 1.29 is 0 Å². The second-order valence-corrected chi connectivity index (χ2v) is 7.17. The Morgan fingerprint density at radius 2 is 1.27 bits per heavy atom. The largest absolute Gasteiger partial charge is 0.0876 e. The van der Waals surface area contributed by atoms with Crippen molar-refractivity contribution in [3.8, 4) is 0 Å². The van der Waals surface area contributed by atoms with Gasteiger partial charge in [0.1, 0.15) is 0 Å². The van der Waals surface area contributed by atoms with Gasteiger partial charge in [-0.1, -0.05) is 97.7 Å². The Balaban J connectivity index is 0.000000220. The van der Waals surface area contributed by atoms with Crippen LogP contribution in [0.2, 0.25) is 0 Å². The minimum atomic E-state index is 0.638. The summed E-state index contributed by atoms with van der Waals surface area (Å²) in [7, 11) is 0. The third-order valence-electron chi connectivity index (χ3n) is 3.57. The maximum Gasteiger partial charge on any atom is 0.0283 e. The van der Waals surface area contributed by atoms with E-state index in [4.69, 9.17) is 0 Å². The van der Waals surface area contributed by atoms with Crippen molar-refractivity contribution in [3.05, 3.63) is 70.8 Å². The summed E-state index contributed by atoms with van der Waals surface area (Å²) in [4.78, 5) is 0. The van der Waals surface area contributed by atoms with Gasteiger partial charge >= 0.3 is 0 Å². The highest BCUT2D eigenvalue weighted by atomic mass is 79.9. The minimum Gasteiger partial charge on any atom is -0.0876 e. The third-order valence-corrected chi connectivity index (χ3v) is 4.21. The Labute approximate surface area is 145 Å². The molecule has 1 heteroatoms. The first-order chi connectivity index (χ1) is 10.4. The van der Waals surface area contributed by atoms with Crippen LogP contribution in [0.4, 0.5) is 0 Å². The van der Waals surface area contributed by atoms with Crippen LogP contribution in [0.1, 0.15) is 55.9 Å². The Kier molecular flexibility index (Phi) is 8.48. The molecule has 0 aliphatic heterocycles. The van der Waals surface area contributed by atoms with Crippen molar-refractivity contribution >= 4 is 15.9 Å². The molecular weight excluding hydrogens is 332 g/mol. The lowest BCUT2D eigenvalue weighted by Crippen LogP contribution is -1.93. The molecule has 0 unspecified atom stereocenters. The molecule has 0 aliphatic carbocycles. The number of aryl methyl sites for hydroxylation is 1. The van der Waals surface area contributed by atoms with E-state index in [1.54, 1.807) is 0 Å². The Morgan fingerprint density at radius 1 is 0.773 bits per heavy atom. The van der Waals surface area contributed by atoms with Crippen LogP contribution < -0.4 is 0 Å². The van der Waals surface area contributed by atoms with Gasteiger partial charge in [0.15, 0.2) is 0 Å². The summed E-state index contributed by atoms with van der Waals surface area (Å²) < 4.78 is 0. The van der Waals surface area contributed by atoms with Gasteiger partial charge in [0.2, 0.25) is 0 Å². The number of benzene rings is 2. The smallest absolute Gasteiger partial charge is 0.0283 e. The topological polar surface area (TPSA) is 0 Å². The number of hydrogen-bond donors (Lipinski definition) is 0. The zero-order valence-corrected chi connectivity index (χ0v) is 16.2. The van der Waals surface area contributed by atoms with Gasteiger partial charge in [0, 0.05) is 5.33 Å². The van der Waals surface area contributed by atoms with E-state index in [1.165, 1.54) is 28.7 Å². The van der Waals surface area contributed by atoms with Crippen molar-refractivity contribution in [1.29, 1.82) is 0 Å². The number of hydrogen-bond acceptors (Lipinski definition) is 0. The summed E-state index contributed by atoms with van der Waals surface area (Å²) in [5.41, 5.74) is 5.55. The van der Waals surface area contributed by atoms with Gasteiger partial charge in [-0.3, -0.25) is 0 Å². The molecule has 0 radical (unpaired) electrons. The first kappa shape index (κ1) is 19.0. The molecule has 2 aromatic carbocycles. The zero-order valence-electron chi connectivity index (χ0n) is 14.6. The molecule has 0 spiro atoms. The lowest BCUT2D eigenvalue weighted by atomic mass is 10.0. The molecule has 0 N–H and O–H groups in total. The van der Waals surface area contributed by atoms with Crippen LogP contribution in [-0.4, -0.2) is 0 Å². The van der Waals surface area contributed by atoms with Crippen LogP contribution in [0.15, 0.2) is 48.5 Å². The molecule has 2 rings (SSSR count). The Hall–Kier alpha value is -1.08. The lowest BCUT2D eigenvalue weighted by Gasteiger charge is -2.04. The number of rotatable bonds is 4. The quantitative estimate of drug-likeness (QED) is 0.520. The molecule has 0 heterocycles. The first-order valence-electron chi connectivity index (χ1n) is 8.12. The molecule has 0 nitrogen and oxygen atoms in total. The van der Waals surface area contributed by atoms with Crippen molar-refractivity contribution in [2.45, 2.75) is 52.3 Å². The summed E-state index contributed by atoms with van der Waals surface area (Å²) >= 11 is 3.42. The van der Waals surface area contributed by atoms with Crippen LogP contribution in [0.25, 0.3) is 0 Å². The van der Waals surface area contributed by atoms with Gasteiger partial charge in [-0.2, -0.15) is 0 Å². The fourth-order valence-corrected chi connectivity index (χ4v) is 2.56. The third kappa shape index (κ3) is 7.26. The summed E-state index contributed by atoms with van der Waals surface area (Å²) in [5.74, 6) is 1.40. The Morgan fingerprint density at radius 3 is 1.68 bits per heavy atom. The predicted octanol–water partition coefficient (Wildman–Crippen LogP) is 6.90. The molecule has 0 aliphatic rings. The standard InChI is InChI=1S/C11H16.C10H13Br/c1-9(2)8-11-6-4-10(3)5-7-11;1-8(2)10-5-3-9(7-11)4-6-10/h4-7,9H,8H2,1-3H3;3-6,8H,7H2,1-2H3. The first-order valence-corrected chi connectivity index (χ1v) is 9.24. The molecule has 0 saturated heterocycles. The van der Waals surface area contributed by atoms with Crippen LogP contribution in [0, 0.1) is 12.8 Å². The lowest BCUT2D eigenvalue weighted by molar-refractivity contribution is 0.647. The highest BCUT2D eigenvalue weighted by molar-refractivity contribution is 9.08. The second-order valence-electron chi connectivity index (χ2n) is 6.61. The van der Waals surface area contributed by atoms with Gasteiger partial charge in [-0.15, -0.1) is 0 Å². The minimum absolute atomic E-state index is 0.638. The normalized spacial score (nSPS) is 10.5. The Bertz CT molecular complexity index is 521. The predicted molar refractivity (Wildman–Crippen MR) is 103 cm³/mol. The highest BCUT2D eigenvalue weighted by Gasteiger charge is 1.97. The van der Waals surface area contributed by atoms with E-state index in [-0.39, 0.29) is 0 Å². The van der Waals surface area contributed by atoms with E-state index in [2.05, 4.69) is 99.1 Å². The van der Waals surface area contributed by atoms with Crippen molar-refractivity contribution in [3.63, 3.8) is 0 Å². The molecule has 0 atom stereocenters. The molecule has 0 amide bonds. The van der Waals surface area contributed by atoms with Crippen molar-refractivity contribution in [2.24, 2.45) is 5.92 Å². The summed E-state index contributed by atoms with van der Waals surface area (Å²) in [6.07, 6.45) is 1.19. The van der Waals surface area contributed by atoms with E-state index in [0.29, 0.717) is 5.92 Å². The van der Waals surface area contributed by atoms with Crippen LogP contribution in [0.3, 0.4) is 0 Å². The molecule has 2 aromatic rings. The van der Waals surface area contributed by atoms with Crippen LogP contribution in [0.5, 0.6) is 0 Å². The fourth-order valence-electron chi connectivity index (χ4n) is 2.19. The van der Waals surface area contributed by atoms with E-state index in [9.17, 15) is 0 Å². The monoisotopic (exact) mass is 360 g/mol. The van der Waals surface area contributed by atoms with Crippen LogP contribution >= 0.6 is 15.9 Å². The molecular formula is C21H29Br. The molecule has 120 valence electrons. The molecule has 0 saturated carbocycles. The highest BCUT2D eigenvalue weighted by Crippen LogP contribution is 2.15. The fraction of sp³-hybridized carbons (Fsp3) is 0.429. The van der Waals surface area contributed by atoms with Gasteiger partial charge < -0.3 is 0 Å². The number of halogens is 1. The van der Waals surface area contributed by atoms with E-state index < -0.39 is 0 Å². The average Bonchev–Trinajstić information content (AvgIpc) is 2.50. The summed E-state index contributed by atoms with van der Waals surface area (Å²) in [6.45, 7) is 11.0. The van der Waals surface area contributed by atoms with E-state index in [1.807, 2.05) is 0 Å². The summed E-state index contributed by atoms with van der Waals surface area (Å²) in [5, 5.41) is 0.950. The zero-order chi connectivity index (χ0) is 16.5. The average molecular weight is 361 g/mol. The molecule has 0 fully saturated rings. The van der Waals surface area contributed by atoms with E-state index in [0.717, 1.165) is 11.2 Å². The molecule has 0 bridgehead atoms. The maximum atomic E-state index is 3.42. The summed E-state index contributed by atoms with van der Waals surface area (Å²) in [6, 6.07) is 17.5.